The third-order valence-electron chi connectivity index (χ3n) is 4.28. The number of benzene rings is 1. The number of rotatable bonds is 4. The first-order chi connectivity index (χ1) is 8.67. The number of hydrogen-bond acceptors (Lipinski definition) is 1. The molecule has 0 saturated heterocycles. The molecule has 0 bridgehead atoms. The number of halogens is 1. The van der Waals surface area contributed by atoms with Crippen LogP contribution in [0.1, 0.15) is 25.0 Å². The molecule has 1 aliphatic rings. The minimum atomic E-state index is 0.473. The lowest BCUT2D eigenvalue weighted by Crippen LogP contribution is -2.16. The van der Waals surface area contributed by atoms with E-state index in [1.165, 1.54) is 33.9 Å². The summed E-state index contributed by atoms with van der Waals surface area (Å²) in [5.74, 6) is 0. The van der Waals surface area contributed by atoms with Crippen molar-refractivity contribution in [2.45, 2.75) is 32.7 Å². The second-order valence-corrected chi connectivity index (χ2v) is 6.33. The number of fused-ring (bicyclic) bond motifs is 1. The average Bonchev–Trinajstić information content (AvgIpc) is 3.10. The zero-order valence-corrected chi connectivity index (χ0v) is 12.3. The Labute approximate surface area is 116 Å². The lowest BCUT2D eigenvalue weighted by Gasteiger charge is -2.17. The number of hydrogen-bond donors (Lipinski definition) is 1. The molecule has 96 valence electrons. The molecule has 0 spiro atoms. The largest absolute Gasteiger partial charge is 0.343 e. The van der Waals surface area contributed by atoms with Crippen LogP contribution in [-0.2, 0) is 6.54 Å². The molecule has 1 heterocycles. The maximum atomic E-state index is 5.75. The van der Waals surface area contributed by atoms with Gasteiger partial charge in [-0.25, -0.2) is 0 Å². The van der Waals surface area contributed by atoms with Gasteiger partial charge in [0.15, 0.2) is 0 Å². The highest BCUT2D eigenvalue weighted by molar-refractivity contribution is 9.10. The van der Waals surface area contributed by atoms with E-state index in [9.17, 15) is 0 Å². The first kappa shape index (κ1) is 12.2. The summed E-state index contributed by atoms with van der Waals surface area (Å²) in [5.41, 5.74) is 8.89. The summed E-state index contributed by atoms with van der Waals surface area (Å²) in [6.07, 6.45) is 3.80. The second kappa shape index (κ2) is 4.39. The molecular formula is C15H19BrN2. The van der Waals surface area contributed by atoms with Gasteiger partial charge in [-0.05, 0) is 60.1 Å². The zero-order valence-electron chi connectivity index (χ0n) is 10.7. The minimum Gasteiger partial charge on any atom is -0.343 e. The van der Waals surface area contributed by atoms with Crippen LogP contribution in [0, 0.1) is 12.3 Å². The van der Waals surface area contributed by atoms with E-state index in [0.29, 0.717) is 5.41 Å². The van der Waals surface area contributed by atoms with E-state index in [0.717, 1.165) is 19.5 Å². The van der Waals surface area contributed by atoms with Crippen molar-refractivity contribution in [3.8, 4) is 0 Å². The van der Waals surface area contributed by atoms with Crippen LogP contribution in [0.25, 0.3) is 10.9 Å². The van der Waals surface area contributed by atoms with E-state index >= 15 is 0 Å². The number of nitrogens with zero attached hydrogens (tertiary/aromatic N) is 1. The van der Waals surface area contributed by atoms with Crippen molar-refractivity contribution in [2.75, 3.05) is 6.54 Å². The normalized spacial score (nSPS) is 17.3. The molecule has 1 fully saturated rings. The van der Waals surface area contributed by atoms with Crippen molar-refractivity contribution in [1.82, 2.24) is 4.57 Å². The molecule has 1 saturated carbocycles. The second-order valence-electron chi connectivity index (χ2n) is 5.54. The molecule has 0 unspecified atom stereocenters. The van der Waals surface area contributed by atoms with Crippen molar-refractivity contribution < 1.29 is 0 Å². The molecule has 0 aliphatic heterocycles. The summed E-state index contributed by atoms with van der Waals surface area (Å²) in [4.78, 5) is 0. The van der Waals surface area contributed by atoms with Crippen molar-refractivity contribution >= 4 is 26.8 Å². The van der Waals surface area contributed by atoms with E-state index in [1.807, 2.05) is 0 Å². The molecule has 1 aliphatic carbocycles. The summed E-state index contributed by atoms with van der Waals surface area (Å²) in [7, 11) is 0. The lowest BCUT2D eigenvalue weighted by atomic mass is 10.0. The smallest absolute Gasteiger partial charge is 0.0494 e. The number of nitrogens with two attached hydrogens (primary N) is 1. The Hall–Kier alpha value is -0.800. The molecule has 2 N–H and O–H groups in total. The fourth-order valence-electron chi connectivity index (χ4n) is 2.90. The fourth-order valence-corrected chi connectivity index (χ4v) is 3.45. The lowest BCUT2D eigenvalue weighted by molar-refractivity contribution is 0.401. The topological polar surface area (TPSA) is 30.9 Å². The summed E-state index contributed by atoms with van der Waals surface area (Å²) < 4.78 is 3.70. The van der Waals surface area contributed by atoms with Crippen LogP contribution in [0.15, 0.2) is 28.7 Å². The predicted octanol–water partition coefficient (Wildman–Crippen LogP) is 3.84. The summed E-state index contributed by atoms with van der Waals surface area (Å²) >= 11 is 3.72. The van der Waals surface area contributed by atoms with Gasteiger partial charge in [0.25, 0.3) is 0 Å². The first-order valence-electron chi connectivity index (χ1n) is 6.60. The number of para-hydroxylation sites is 1. The molecule has 0 atom stereocenters. The van der Waals surface area contributed by atoms with E-state index in [-0.39, 0.29) is 0 Å². The first-order valence-corrected chi connectivity index (χ1v) is 7.40. The van der Waals surface area contributed by atoms with Crippen molar-refractivity contribution in [3.05, 3.63) is 34.4 Å². The van der Waals surface area contributed by atoms with E-state index in [1.54, 1.807) is 0 Å². The average molecular weight is 307 g/mol. The predicted molar refractivity (Wildman–Crippen MR) is 79.7 cm³/mol. The molecule has 1 aromatic heterocycles. The Balaban J connectivity index is 2.04. The maximum Gasteiger partial charge on any atom is 0.0494 e. The molecule has 3 heteroatoms. The Kier molecular flexibility index (Phi) is 2.99. The van der Waals surface area contributed by atoms with Crippen molar-refractivity contribution in [2.24, 2.45) is 11.1 Å². The fraction of sp³-hybridized carbons (Fsp3) is 0.467. The molecule has 0 radical (unpaired) electrons. The quantitative estimate of drug-likeness (QED) is 0.914. The van der Waals surface area contributed by atoms with Gasteiger partial charge in [-0.2, -0.15) is 0 Å². The minimum absolute atomic E-state index is 0.473. The van der Waals surface area contributed by atoms with Crippen LogP contribution < -0.4 is 5.73 Å². The van der Waals surface area contributed by atoms with Gasteiger partial charge >= 0.3 is 0 Å². The zero-order chi connectivity index (χ0) is 12.8. The SMILES string of the molecule is Cc1c(Br)c2ccccc2n1CC1(CCN)CC1. The van der Waals surface area contributed by atoms with Crippen LogP contribution >= 0.6 is 15.9 Å². The van der Waals surface area contributed by atoms with Crippen LogP contribution in [0.5, 0.6) is 0 Å². The summed E-state index contributed by atoms with van der Waals surface area (Å²) in [6, 6.07) is 8.62. The maximum absolute atomic E-state index is 5.75. The van der Waals surface area contributed by atoms with Crippen LogP contribution in [0.4, 0.5) is 0 Å². The van der Waals surface area contributed by atoms with Gasteiger partial charge in [0, 0.05) is 27.6 Å². The third-order valence-corrected chi connectivity index (χ3v) is 5.28. The van der Waals surface area contributed by atoms with Gasteiger partial charge in [-0.15, -0.1) is 0 Å². The van der Waals surface area contributed by atoms with Crippen LogP contribution in [-0.4, -0.2) is 11.1 Å². The van der Waals surface area contributed by atoms with Crippen LogP contribution in [0.3, 0.4) is 0 Å². The third kappa shape index (κ3) is 1.90. The molecule has 3 rings (SSSR count). The van der Waals surface area contributed by atoms with Gasteiger partial charge in [0.2, 0.25) is 0 Å². The Morgan fingerprint density at radius 3 is 2.72 bits per heavy atom. The molecule has 0 amide bonds. The van der Waals surface area contributed by atoms with Gasteiger partial charge in [0.1, 0.15) is 0 Å². The summed E-state index contributed by atoms with van der Waals surface area (Å²) in [6.45, 7) is 4.12. The molecule has 2 nitrogen and oxygen atoms in total. The molecule has 1 aromatic carbocycles. The Morgan fingerprint density at radius 2 is 2.06 bits per heavy atom. The highest BCUT2D eigenvalue weighted by Crippen LogP contribution is 2.51. The highest BCUT2D eigenvalue weighted by Gasteiger charge is 2.42. The van der Waals surface area contributed by atoms with E-state index < -0.39 is 0 Å². The van der Waals surface area contributed by atoms with E-state index in [4.69, 9.17) is 5.73 Å². The number of aromatic nitrogens is 1. The summed E-state index contributed by atoms with van der Waals surface area (Å²) in [5, 5.41) is 1.32. The van der Waals surface area contributed by atoms with Crippen molar-refractivity contribution in [3.63, 3.8) is 0 Å². The molecule has 2 aromatic rings. The highest BCUT2D eigenvalue weighted by atomic mass is 79.9. The molecular weight excluding hydrogens is 288 g/mol. The van der Waals surface area contributed by atoms with Crippen LogP contribution in [0.2, 0.25) is 0 Å². The molecule has 18 heavy (non-hydrogen) atoms. The van der Waals surface area contributed by atoms with Gasteiger partial charge in [-0.1, -0.05) is 18.2 Å². The monoisotopic (exact) mass is 306 g/mol. The standard InChI is InChI=1S/C15H19BrN2/c1-11-14(16)12-4-2-3-5-13(12)18(11)10-15(6-7-15)8-9-17/h2-5H,6-10,17H2,1H3. The van der Waals surface area contributed by atoms with Gasteiger partial charge < -0.3 is 10.3 Å². The van der Waals surface area contributed by atoms with Gasteiger partial charge in [-0.3, -0.25) is 0 Å². The Morgan fingerprint density at radius 1 is 1.33 bits per heavy atom. The van der Waals surface area contributed by atoms with Crippen molar-refractivity contribution in [1.29, 1.82) is 0 Å². The van der Waals surface area contributed by atoms with E-state index in [2.05, 4.69) is 51.7 Å². The Bertz CT molecular complexity index is 581. The van der Waals surface area contributed by atoms with Gasteiger partial charge in [0.05, 0.1) is 0 Å².